The predicted molar refractivity (Wildman–Crippen MR) is 85.0 cm³/mol. The second-order valence-electron chi connectivity index (χ2n) is 6.34. The lowest BCUT2D eigenvalue weighted by Gasteiger charge is -2.34. The molecule has 3 atom stereocenters. The molecule has 120 valence electrons. The first kappa shape index (κ1) is 17.9. The van der Waals surface area contributed by atoms with Gasteiger partial charge in [-0.15, -0.1) is 0 Å². The molecule has 0 aromatic heterocycles. The van der Waals surface area contributed by atoms with Crippen molar-refractivity contribution < 1.29 is 8.42 Å². The van der Waals surface area contributed by atoms with Crippen LogP contribution in [0, 0.1) is 11.8 Å². The van der Waals surface area contributed by atoms with Crippen molar-refractivity contribution in [3.63, 3.8) is 0 Å². The Bertz CT molecular complexity index is 370. The first-order chi connectivity index (χ1) is 9.38. The first-order valence-electron chi connectivity index (χ1n) is 8.09. The molecule has 0 radical (unpaired) electrons. The van der Waals surface area contributed by atoms with Gasteiger partial charge in [0.1, 0.15) is 0 Å². The molecule has 0 bridgehead atoms. The summed E-state index contributed by atoms with van der Waals surface area (Å²) in [6.07, 6.45) is 9.15. The van der Waals surface area contributed by atoms with E-state index in [1.807, 2.05) is 0 Å². The van der Waals surface area contributed by atoms with Crippen molar-refractivity contribution in [1.29, 1.82) is 0 Å². The van der Waals surface area contributed by atoms with Gasteiger partial charge in [0.25, 0.3) is 0 Å². The van der Waals surface area contributed by atoms with Gasteiger partial charge in [0.15, 0.2) is 0 Å². The topological polar surface area (TPSA) is 63.4 Å². The highest BCUT2D eigenvalue weighted by Gasteiger charge is 2.28. The Hall–Kier alpha value is -0.130. The lowest BCUT2D eigenvalue weighted by Crippen LogP contribution is -2.42. The highest BCUT2D eigenvalue weighted by molar-refractivity contribution is 7.88. The van der Waals surface area contributed by atoms with Crippen LogP contribution in [0.4, 0.5) is 0 Å². The zero-order chi connectivity index (χ0) is 15.2. The molecule has 1 rings (SSSR count). The molecule has 20 heavy (non-hydrogen) atoms. The molecule has 0 amide bonds. The van der Waals surface area contributed by atoms with E-state index in [-0.39, 0.29) is 6.04 Å². The van der Waals surface area contributed by atoms with Gasteiger partial charge in [-0.3, -0.25) is 0 Å². The summed E-state index contributed by atoms with van der Waals surface area (Å²) < 4.78 is 24.9. The van der Waals surface area contributed by atoms with E-state index in [1.54, 1.807) is 4.31 Å². The van der Waals surface area contributed by atoms with Crippen LogP contribution in [0.2, 0.25) is 0 Å². The Morgan fingerprint density at radius 2 is 2.05 bits per heavy atom. The van der Waals surface area contributed by atoms with Gasteiger partial charge in [-0.1, -0.05) is 33.1 Å². The van der Waals surface area contributed by atoms with E-state index in [0.29, 0.717) is 24.9 Å². The Labute approximate surface area is 125 Å². The lowest BCUT2D eigenvalue weighted by molar-refractivity contribution is 0.223. The Morgan fingerprint density at radius 3 is 2.60 bits per heavy atom. The normalized spacial score (nSPS) is 24.5. The molecule has 1 aliphatic rings. The maximum Gasteiger partial charge on any atom is 0.211 e. The zero-order valence-corrected chi connectivity index (χ0v) is 14.2. The molecule has 5 heteroatoms. The predicted octanol–water partition coefficient (Wildman–Crippen LogP) is 2.59. The third kappa shape index (κ3) is 5.70. The van der Waals surface area contributed by atoms with Gasteiger partial charge in [-0.2, -0.15) is 0 Å². The summed E-state index contributed by atoms with van der Waals surface area (Å²) in [5.41, 5.74) is 6.39. The van der Waals surface area contributed by atoms with Gasteiger partial charge in [-0.05, 0) is 37.5 Å². The number of piperidine rings is 1. The van der Waals surface area contributed by atoms with Crippen molar-refractivity contribution in [2.24, 2.45) is 17.6 Å². The molecule has 0 aromatic carbocycles. The van der Waals surface area contributed by atoms with E-state index >= 15 is 0 Å². The quantitative estimate of drug-likeness (QED) is 0.749. The molecular weight excluding hydrogens is 272 g/mol. The van der Waals surface area contributed by atoms with Crippen LogP contribution in [-0.4, -0.2) is 38.1 Å². The molecule has 0 aromatic rings. The van der Waals surface area contributed by atoms with Crippen LogP contribution in [0.5, 0.6) is 0 Å². The molecule has 3 unspecified atom stereocenters. The largest absolute Gasteiger partial charge is 0.327 e. The van der Waals surface area contributed by atoms with Crippen LogP contribution >= 0.6 is 0 Å². The number of nitrogens with zero attached hydrogens (tertiary/aromatic N) is 1. The van der Waals surface area contributed by atoms with Crippen molar-refractivity contribution in [3.8, 4) is 0 Å². The van der Waals surface area contributed by atoms with Gasteiger partial charge >= 0.3 is 0 Å². The van der Waals surface area contributed by atoms with Gasteiger partial charge in [0.05, 0.1) is 6.26 Å². The average molecular weight is 304 g/mol. The number of sulfonamides is 1. The minimum atomic E-state index is -3.04. The molecule has 2 N–H and O–H groups in total. The summed E-state index contributed by atoms with van der Waals surface area (Å²) in [4.78, 5) is 0. The second-order valence-corrected chi connectivity index (χ2v) is 8.32. The van der Waals surface area contributed by atoms with Crippen LogP contribution in [-0.2, 0) is 10.0 Å². The molecule has 0 saturated carbocycles. The van der Waals surface area contributed by atoms with Crippen molar-refractivity contribution in [1.82, 2.24) is 4.31 Å². The third-order valence-electron chi connectivity index (χ3n) is 4.61. The molecule has 0 spiro atoms. The fraction of sp³-hybridized carbons (Fsp3) is 1.00. The minimum absolute atomic E-state index is 0.219. The monoisotopic (exact) mass is 304 g/mol. The van der Waals surface area contributed by atoms with Crippen molar-refractivity contribution >= 4 is 10.0 Å². The summed E-state index contributed by atoms with van der Waals surface area (Å²) in [5.74, 6) is 1.02. The number of nitrogens with two attached hydrogens (primary N) is 1. The summed E-state index contributed by atoms with van der Waals surface area (Å²) in [5, 5.41) is 0. The summed E-state index contributed by atoms with van der Waals surface area (Å²) in [6, 6.07) is 0.219. The molecular formula is C15H32N2O2S. The van der Waals surface area contributed by atoms with Crippen LogP contribution in [0.3, 0.4) is 0 Å². The maximum atomic E-state index is 11.6. The van der Waals surface area contributed by atoms with E-state index in [9.17, 15) is 8.42 Å². The van der Waals surface area contributed by atoms with E-state index in [2.05, 4.69) is 13.8 Å². The van der Waals surface area contributed by atoms with Gasteiger partial charge in [-0.25, -0.2) is 12.7 Å². The molecule has 1 saturated heterocycles. The van der Waals surface area contributed by atoms with Gasteiger partial charge in [0, 0.05) is 19.1 Å². The lowest BCUT2D eigenvalue weighted by atomic mass is 9.84. The second kappa shape index (κ2) is 8.35. The van der Waals surface area contributed by atoms with Crippen LogP contribution < -0.4 is 5.73 Å². The first-order valence-corrected chi connectivity index (χ1v) is 9.94. The summed E-state index contributed by atoms with van der Waals surface area (Å²) in [6.45, 7) is 5.77. The van der Waals surface area contributed by atoms with Crippen molar-refractivity contribution in [3.05, 3.63) is 0 Å². The average Bonchev–Trinajstić information content (AvgIpc) is 2.39. The Balaban J connectivity index is 2.49. The van der Waals surface area contributed by atoms with Crippen molar-refractivity contribution in [2.45, 2.75) is 64.8 Å². The minimum Gasteiger partial charge on any atom is -0.327 e. The molecule has 1 heterocycles. The number of hydrogen-bond donors (Lipinski definition) is 1. The Morgan fingerprint density at radius 1 is 1.35 bits per heavy atom. The van der Waals surface area contributed by atoms with E-state index in [1.165, 1.54) is 25.5 Å². The van der Waals surface area contributed by atoms with Crippen molar-refractivity contribution in [2.75, 3.05) is 19.3 Å². The van der Waals surface area contributed by atoms with E-state index in [0.717, 1.165) is 25.7 Å². The smallest absolute Gasteiger partial charge is 0.211 e. The summed E-state index contributed by atoms with van der Waals surface area (Å²) >= 11 is 0. The molecule has 1 aliphatic heterocycles. The van der Waals surface area contributed by atoms with Gasteiger partial charge in [0.2, 0.25) is 10.0 Å². The fourth-order valence-corrected chi connectivity index (χ4v) is 4.23. The van der Waals surface area contributed by atoms with E-state index < -0.39 is 10.0 Å². The highest BCUT2D eigenvalue weighted by Crippen LogP contribution is 2.26. The number of unbranched alkanes of at least 4 members (excludes halogenated alkanes) is 1. The van der Waals surface area contributed by atoms with Crippen LogP contribution in [0.15, 0.2) is 0 Å². The number of rotatable bonds is 8. The SMILES string of the molecule is CCCCC(CC)C(N)CC1CCCN(S(C)(=O)=O)C1. The highest BCUT2D eigenvalue weighted by atomic mass is 32.2. The maximum absolute atomic E-state index is 11.6. The molecule has 4 nitrogen and oxygen atoms in total. The molecule has 1 fully saturated rings. The standard InChI is InChI=1S/C15H32N2O2S/c1-4-6-9-14(5-2)15(16)11-13-8-7-10-17(12-13)20(3,18)19/h13-15H,4-12,16H2,1-3H3. The fourth-order valence-electron chi connectivity index (χ4n) is 3.29. The number of hydrogen-bond acceptors (Lipinski definition) is 3. The van der Waals surface area contributed by atoms with E-state index in [4.69, 9.17) is 5.73 Å². The van der Waals surface area contributed by atoms with Gasteiger partial charge < -0.3 is 5.73 Å². The Kier molecular flexibility index (Phi) is 7.48. The molecule has 0 aliphatic carbocycles. The third-order valence-corrected chi connectivity index (χ3v) is 5.88. The van der Waals surface area contributed by atoms with Crippen LogP contribution in [0.25, 0.3) is 0 Å². The van der Waals surface area contributed by atoms with Crippen LogP contribution in [0.1, 0.15) is 58.8 Å². The zero-order valence-electron chi connectivity index (χ0n) is 13.3. The summed E-state index contributed by atoms with van der Waals surface area (Å²) in [7, 11) is -3.04.